The van der Waals surface area contributed by atoms with E-state index in [1.807, 2.05) is 25.1 Å². The number of pyridine rings is 1. The van der Waals surface area contributed by atoms with Gasteiger partial charge in [-0.05, 0) is 42.2 Å². The van der Waals surface area contributed by atoms with Crippen LogP contribution < -0.4 is 5.32 Å². The molecule has 0 saturated heterocycles. The predicted octanol–water partition coefficient (Wildman–Crippen LogP) is 2.75. The number of fused-ring (bicyclic) bond motifs is 1. The van der Waals surface area contributed by atoms with E-state index in [0.29, 0.717) is 11.6 Å². The maximum absolute atomic E-state index is 12.4. The van der Waals surface area contributed by atoms with Crippen molar-refractivity contribution in [2.75, 3.05) is 11.9 Å². The second kappa shape index (κ2) is 6.47. The molecule has 0 aliphatic carbocycles. The highest BCUT2D eigenvalue weighted by Gasteiger charge is 2.37. The molecule has 0 bridgehead atoms. The first-order valence-corrected chi connectivity index (χ1v) is 8.10. The van der Waals surface area contributed by atoms with Gasteiger partial charge in [0.1, 0.15) is 12.2 Å². The highest BCUT2D eigenvalue weighted by molar-refractivity contribution is 6.21. The summed E-state index contributed by atoms with van der Waals surface area (Å²) in [7, 11) is 0. The Morgan fingerprint density at radius 1 is 1.20 bits per heavy atom. The molecule has 1 aromatic carbocycles. The molecule has 1 aliphatic rings. The van der Waals surface area contributed by atoms with Gasteiger partial charge in [-0.1, -0.05) is 26.0 Å². The molecular formula is C19H19N3O3. The van der Waals surface area contributed by atoms with E-state index in [0.717, 1.165) is 16.0 Å². The van der Waals surface area contributed by atoms with E-state index < -0.39 is 17.7 Å². The molecule has 0 radical (unpaired) electrons. The lowest BCUT2D eigenvalue weighted by Crippen LogP contribution is -2.37. The van der Waals surface area contributed by atoms with Gasteiger partial charge in [-0.3, -0.25) is 24.3 Å². The number of amides is 3. The highest BCUT2D eigenvalue weighted by Crippen LogP contribution is 2.23. The Hall–Kier alpha value is -3.02. The normalized spacial score (nSPS) is 13.4. The molecule has 0 fully saturated rings. The number of benzene rings is 1. The molecule has 1 N–H and O–H groups in total. The summed E-state index contributed by atoms with van der Waals surface area (Å²) >= 11 is 0. The van der Waals surface area contributed by atoms with Crippen molar-refractivity contribution >= 4 is 23.4 Å². The molecule has 6 heteroatoms. The molecule has 0 atom stereocenters. The third-order valence-electron chi connectivity index (χ3n) is 4.24. The number of imide groups is 1. The minimum absolute atomic E-state index is 0.0956. The first-order valence-electron chi connectivity index (χ1n) is 8.10. The number of nitrogens with zero attached hydrogens (tertiary/aromatic N) is 2. The molecule has 3 rings (SSSR count). The summed E-state index contributed by atoms with van der Waals surface area (Å²) in [5.74, 6) is -1.11. The van der Waals surface area contributed by atoms with E-state index in [1.165, 1.54) is 12.3 Å². The fourth-order valence-corrected chi connectivity index (χ4v) is 2.72. The smallest absolute Gasteiger partial charge is 0.280 e. The zero-order chi connectivity index (χ0) is 18.1. The van der Waals surface area contributed by atoms with Crippen LogP contribution in [-0.2, 0) is 4.79 Å². The Balaban J connectivity index is 1.75. The maximum Gasteiger partial charge on any atom is 0.280 e. The zero-order valence-corrected chi connectivity index (χ0v) is 14.4. The minimum Gasteiger partial charge on any atom is -0.324 e. The van der Waals surface area contributed by atoms with Gasteiger partial charge in [0.2, 0.25) is 5.91 Å². The molecule has 2 heterocycles. The van der Waals surface area contributed by atoms with Crippen LogP contribution in [-0.4, -0.2) is 34.2 Å². The zero-order valence-electron chi connectivity index (χ0n) is 14.4. The summed E-state index contributed by atoms with van der Waals surface area (Å²) in [6.07, 6.45) is 1.45. The lowest BCUT2D eigenvalue weighted by Gasteiger charge is -2.16. The summed E-state index contributed by atoms with van der Waals surface area (Å²) < 4.78 is 0. The van der Waals surface area contributed by atoms with Crippen molar-refractivity contribution < 1.29 is 14.4 Å². The van der Waals surface area contributed by atoms with Crippen LogP contribution in [0.15, 0.2) is 36.5 Å². The predicted molar refractivity (Wildman–Crippen MR) is 93.5 cm³/mol. The summed E-state index contributed by atoms with van der Waals surface area (Å²) in [6, 6.07) is 9.01. The van der Waals surface area contributed by atoms with Crippen molar-refractivity contribution in [3.63, 3.8) is 0 Å². The Morgan fingerprint density at radius 2 is 1.96 bits per heavy atom. The molecule has 2 aromatic rings. The molecule has 1 aliphatic heterocycles. The Morgan fingerprint density at radius 3 is 2.64 bits per heavy atom. The van der Waals surface area contributed by atoms with Crippen LogP contribution in [0, 0.1) is 6.92 Å². The fraction of sp³-hybridized carbons (Fsp3) is 0.263. The van der Waals surface area contributed by atoms with E-state index >= 15 is 0 Å². The SMILES string of the molecule is Cc1ccc(C(C)C)cc1NC(=O)CN1C(=O)c2cccnc2C1=O. The van der Waals surface area contributed by atoms with E-state index in [2.05, 4.69) is 24.1 Å². The minimum atomic E-state index is -0.539. The van der Waals surface area contributed by atoms with Crippen LogP contribution in [0.25, 0.3) is 0 Å². The number of hydrogen-bond donors (Lipinski definition) is 1. The second-order valence-corrected chi connectivity index (χ2v) is 6.37. The maximum atomic E-state index is 12.4. The van der Waals surface area contributed by atoms with Gasteiger partial charge in [-0.2, -0.15) is 0 Å². The molecule has 6 nitrogen and oxygen atoms in total. The summed E-state index contributed by atoms with van der Waals surface area (Å²) in [5, 5.41) is 2.79. The molecular weight excluding hydrogens is 318 g/mol. The van der Waals surface area contributed by atoms with Crippen LogP contribution in [0.4, 0.5) is 5.69 Å². The van der Waals surface area contributed by atoms with E-state index in [1.54, 1.807) is 6.07 Å². The van der Waals surface area contributed by atoms with Gasteiger partial charge in [0.25, 0.3) is 11.8 Å². The first-order chi connectivity index (χ1) is 11.9. The van der Waals surface area contributed by atoms with Gasteiger partial charge >= 0.3 is 0 Å². The fourth-order valence-electron chi connectivity index (χ4n) is 2.72. The lowest BCUT2D eigenvalue weighted by atomic mass is 10.0. The lowest BCUT2D eigenvalue weighted by molar-refractivity contribution is -0.116. The average molecular weight is 337 g/mol. The Labute approximate surface area is 145 Å². The van der Waals surface area contributed by atoms with Crippen molar-refractivity contribution in [3.05, 3.63) is 58.9 Å². The van der Waals surface area contributed by atoms with Crippen LogP contribution in [0.2, 0.25) is 0 Å². The molecule has 1 aromatic heterocycles. The topological polar surface area (TPSA) is 79.4 Å². The quantitative estimate of drug-likeness (QED) is 0.870. The second-order valence-electron chi connectivity index (χ2n) is 6.37. The summed E-state index contributed by atoms with van der Waals surface area (Å²) in [5.41, 5.74) is 3.04. The Bertz CT molecular complexity index is 839. The van der Waals surface area contributed by atoms with Crippen LogP contribution in [0.5, 0.6) is 0 Å². The van der Waals surface area contributed by atoms with Crippen LogP contribution in [0.1, 0.15) is 51.7 Å². The number of rotatable bonds is 4. The Kier molecular flexibility index (Phi) is 4.35. The van der Waals surface area contributed by atoms with Crippen molar-refractivity contribution in [1.29, 1.82) is 0 Å². The highest BCUT2D eigenvalue weighted by atomic mass is 16.2. The third kappa shape index (κ3) is 3.15. The van der Waals surface area contributed by atoms with E-state index in [4.69, 9.17) is 0 Å². The number of anilines is 1. The monoisotopic (exact) mass is 337 g/mol. The van der Waals surface area contributed by atoms with Gasteiger partial charge in [-0.25, -0.2) is 0 Å². The van der Waals surface area contributed by atoms with Gasteiger partial charge in [-0.15, -0.1) is 0 Å². The molecule has 3 amide bonds. The average Bonchev–Trinajstić information content (AvgIpc) is 2.82. The standard InChI is InChI=1S/C19H19N3O3/c1-11(2)13-7-6-12(3)15(9-13)21-16(23)10-22-18(24)14-5-4-8-20-17(14)19(22)25/h4-9,11H,10H2,1-3H3,(H,21,23). The number of hydrogen-bond acceptors (Lipinski definition) is 4. The van der Waals surface area contributed by atoms with Gasteiger partial charge in [0.05, 0.1) is 5.56 Å². The summed E-state index contributed by atoms with van der Waals surface area (Å²) in [4.78, 5) is 41.8. The van der Waals surface area contributed by atoms with Gasteiger partial charge in [0.15, 0.2) is 0 Å². The van der Waals surface area contributed by atoms with Crippen LogP contribution >= 0.6 is 0 Å². The van der Waals surface area contributed by atoms with Crippen molar-refractivity contribution in [2.24, 2.45) is 0 Å². The number of carbonyl (C=O) groups is 3. The third-order valence-corrected chi connectivity index (χ3v) is 4.24. The van der Waals surface area contributed by atoms with E-state index in [9.17, 15) is 14.4 Å². The molecule has 128 valence electrons. The number of aryl methyl sites for hydroxylation is 1. The largest absolute Gasteiger partial charge is 0.324 e. The molecule has 0 saturated carbocycles. The van der Waals surface area contributed by atoms with E-state index in [-0.39, 0.29) is 17.8 Å². The van der Waals surface area contributed by atoms with Gasteiger partial charge < -0.3 is 5.32 Å². The van der Waals surface area contributed by atoms with Gasteiger partial charge in [0, 0.05) is 11.9 Å². The van der Waals surface area contributed by atoms with Crippen molar-refractivity contribution in [1.82, 2.24) is 9.88 Å². The molecule has 0 unspecified atom stereocenters. The number of carbonyl (C=O) groups excluding carboxylic acids is 3. The van der Waals surface area contributed by atoms with Crippen molar-refractivity contribution in [2.45, 2.75) is 26.7 Å². The summed E-state index contributed by atoms with van der Waals surface area (Å²) in [6.45, 7) is 5.70. The number of aromatic nitrogens is 1. The number of nitrogens with one attached hydrogen (secondary N) is 1. The van der Waals surface area contributed by atoms with Crippen molar-refractivity contribution in [3.8, 4) is 0 Å². The first kappa shape index (κ1) is 16.8. The molecule has 25 heavy (non-hydrogen) atoms. The van der Waals surface area contributed by atoms with Crippen LogP contribution in [0.3, 0.4) is 0 Å². The molecule has 0 spiro atoms.